The van der Waals surface area contributed by atoms with E-state index in [0.717, 1.165) is 5.56 Å². The number of carbonyl (C=O) groups excluding carboxylic acids is 1. The molecule has 2 rings (SSSR count). The van der Waals surface area contributed by atoms with Gasteiger partial charge in [0.05, 0.1) is 0 Å². The van der Waals surface area contributed by atoms with Gasteiger partial charge in [-0.25, -0.2) is 4.79 Å². The van der Waals surface area contributed by atoms with Gasteiger partial charge in [-0.1, -0.05) is 30.3 Å². The molecule has 20 heavy (non-hydrogen) atoms. The summed E-state index contributed by atoms with van der Waals surface area (Å²) in [5.74, 6) is -0.925. The Balaban J connectivity index is 1.95. The van der Waals surface area contributed by atoms with Gasteiger partial charge in [0.2, 0.25) is 0 Å². The van der Waals surface area contributed by atoms with Gasteiger partial charge in [-0.15, -0.1) is 0 Å². The monoisotopic (exact) mass is 284 g/mol. The first-order chi connectivity index (χ1) is 9.50. The zero-order valence-corrected chi connectivity index (χ0v) is 10.5. The van der Waals surface area contributed by atoms with Crippen LogP contribution in [0, 0.1) is 0 Å². The highest BCUT2D eigenvalue weighted by Gasteiger charge is 2.46. The second-order valence-corrected chi connectivity index (χ2v) is 4.51. The molecule has 0 aliphatic carbocycles. The van der Waals surface area contributed by atoms with Crippen molar-refractivity contribution in [2.24, 2.45) is 0 Å². The van der Waals surface area contributed by atoms with E-state index in [-0.39, 0.29) is 6.61 Å². The van der Waals surface area contributed by atoms with Gasteiger partial charge in [0.15, 0.2) is 12.4 Å². The minimum atomic E-state index is -1.76. The first-order valence-corrected chi connectivity index (χ1v) is 6.09. The maximum Gasteiger partial charge on any atom is 0.338 e. The molecule has 1 aliphatic heterocycles. The standard InChI is InChI=1S/C13H16O7/c14-8-9(15)11(20-12(17)10(8)16)13(18)19-6-7-4-2-1-3-5-7/h1-5,8-12,14-17H,6H2/t8?,9-,10+,11-,12?/m0/s1. The summed E-state index contributed by atoms with van der Waals surface area (Å²) in [6, 6.07) is 8.86. The fourth-order valence-corrected chi connectivity index (χ4v) is 1.87. The van der Waals surface area contributed by atoms with Gasteiger partial charge in [0.25, 0.3) is 0 Å². The van der Waals surface area contributed by atoms with Gasteiger partial charge in [0, 0.05) is 0 Å². The third-order valence-electron chi connectivity index (χ3n) is 3.04. The normalized spacial score (nSPS) is 33.7. The molecule has 0 aromatic heterocycles. The van der Waals surface area contributed by atoms with E-state index in [1.165, 1.54) is 0 Å². The Kier molecular flexibility index (Phi) is 4.69. The number of ether oxygens (including phenoxy) is 2. The molecule has 1 aromatic carbocycles. The van der Waals surface area contributed by atoms with Crippen molar-refractivity contribution in [2.45, 2.75) is 37.3 Å². The second kappa shape index (κ2) is 6.29. The van der Waals surface area contributed by atoms with Crippen LogP contribution in [0.2, 0.25) is 0 Å². The van der Waals surface area contributed by atoms with E-state index in [9.17, 15) is 25.2 Å². The maximum absolute atomic E-state index is 11.8. The van der Waals surface area contributed by atoms with E-state index in [2.05, 4.69) is 0 Å². The molecular weight excluding hydrogens is 268 g/mol. The van der Waals surface area contributed by atoms with E-state index in [0.29, 0.717) is 0 Å². The molecule has 1 heterocycles. The molecule has 0 spiro atoms. The van der Waals surface area contributed by atoms with Crippen molar-refractivity contribution >= 4 is 5.97 Å². The molecular formula is C13H16O7. The smallest absolute Gasteiger partial charge is 0.338 e. The Labute approximate surface area is 115 Å². The maximum atomic E-state index is 11.8. The molecule has 7 heteroatoms. The van der Waals surface area contributed by atoms with Crippen LogP contribution in [0.1, 0.15) is 5.56 Å². The zero-order chi connectivity index (χ0) is 14.7. The Morgan fingerprint density at radius 1 is 1.05 bits per heavy atom. The number of aliphatic hydroxyl groups excluding tert-OH is 4. The fraction of sp³-hybridized carbons (Fsp3) is 0.462. The molecule has 1 fully saturated rings. The summed E-state index contributed by atoms with van der Waals surface area (Å²) in [6.07, 6.45) is -8.34. The summed E-state index contributed by atoms with van der Waals surface area (Å²) >= 11 is 0. The van der Waals surface area contributed by atoms with Crippen molar-refractivity contribution in [1.82, 2.24) is 0 Å². The van der Waals surface area contributed by atoms with Crippen molar-refractivity contribution in [2.75, 3.05) is 0 Å². The van der Waals surface area contributed by atoms with Gasteiger partial charge in [-0.05, 0) is 5.56 Å². The van der Waals surface area contributed by atoms with Gasteiger partial charge in [0.1, 0.15) is 24.9 Å². The quantitative estimate of drug-likeness (QED) is 0.501. The van der Waals surface area contributed by atoms with Crippen molar-refractivity contribution in [3.8, 4) is 0 Å². The van der Waals surface area contributed by atoms with Crippen molar-refractivity contribution < 1.29 is 34.7 Å². The van der Waals surface area contributed by atoms with Crippen LogP contribution in [-0.2, 0) is 20.9 Å². The summed E-state index contributed by atoms with van der Waals surface area (Å²) in [5.41, 5.74) is 0.743. The molecule has 0 amide bonds. The highest BCUT2D eigenvalue weighted by atomic mass is 16.7. The van der Waals surface area contributed by atoms with Gasteiger partial charge >= 0.3 is 5.97 Å². The molecule has 1 aliphatic rings. The van der Waals surface area contributed by atoms with Gasteiger partial charge in [-0.3, -0.25) is 0 Å². The molecule has 2 unspecified atom stereocenters. The molecule has 5 atom stereocenters. The fourth-order valence-electron chi connectivity index (χ4n) is 1.87. The lowest BCUT2D eigenvalue weighted by atomic mass is 9.99. The van der Waals surface area contributed by atoms with E-state index >= 15 is 0 Å². The van der Waals surface area contributed by atoms with E-state index in [4.69, 9.17) is 9.47 Å². The lowest BCUT2D eigenvalue weighted by Crippen LogP contribution is -2.59. The van der Waals surface area contributed by atoms with Crippen molar-refractivity contribution in [1.29, 1.82) is 0 Å². The van der Waals surface area contributed by atoms with Gasteiger partial charge < -0.3 is 29.9 Å². The number of rotatable bonds is 3. The minimum absolute atomic E-state index is 0.0268. The van der Waals surface area contributed by atoms with Crippen LogP contribution in [0.3, 0.4) is 0 Å². The Morgan fingerprint density at radius 2 is 1.70 bits per heavy atom. The summed E-state index contributed by atoms with van der Waals surface area (Å²) in [5, 5.41) is 37.7. The summed E-state index contributed by atoms with van der Waals surface area (Å²) < 4.78 is 9.69. The Hall–Kier alpha value is -1.51. The number of carbonyl (C=O) groups is 1. The molecule has 0 bridgehead atoms. The average molecular weight is 284 g/mol. The SMILES string of the molecule is O=C(OCc1ccccc1)[C@H]1OC(O)[C@H](O)C(O)[C@@H]1O. The van der Waals surface area contributed by atoms with Crippen LogP contribution in [0.5, 0.6) is 0 Å². The number of benzene rings is 1. The predicted molar refractivity (Wildman–Crippen MR) is 65.1 cm³/mol. The number of aliphatic hydroxyl groups is 4. The molecule has 1 aromatic rings. The van der Waals surface area contributed by atoms with Crippen LogP contribution in [0.4, 0.5) is 0 Å². The Morgan fingerprint density at radius 3 is 2.35 bits per heavy atom. The number of esters is 1. The molecule has 0 saturated carbocycles. The van der Waals surface area contributed by atoms with Crippen molar-refractivity contribution in [3.63, 3.8) is 0 Å². The average Bonchev–Trinajstić information content (AvgIpc) is 2.47. The zero-order valence-electron chi connectivity index (χ0n) is 10.5. The first kappa shape index (κ1) is 14.9. The highest BCUT2D eigenvalue weighted by Crippen LogP contribution is 2.21. The molecule has 110 valence electrons. The van der Waals surface area contributed by atoms with Crippen LogP contribution < -0.4 is 0 Å². The van der Waals surface area contributed by atoms with Crippen LogP contribution in [0.15, 0.2) is 30.3 Å². The van der Waals surface area contributed by atoms with Gasteiger partial charge in [-0.2, -0.15) is 0 Å². The topological polar surface area (TPSA) is 116 Å². The summed E-state index contributed by atoms with van der Waals surface area (Å²) in [4.78, 5) is 11.8. The molecule has 7 nitrogen and oxygen atoms in total. The number of hydrogen-bond acceptors (Lipinski definition) is 7. The lowest BCUT2D eigenvalue weighted by molar-refractivity contribution is -0.281. The second-order valence-electron chi connectivity index (χ2n) is 4.51. The molecule has 0 radical (unpaired) electrons. The largest absolute Gasteiger partial charge is 0.459 e. The van der Waals surface area contributed by atoms with E-state index in [1.807, 2.05) is 6.07 Å². The lowest BCUT2D eigenvalue weighted by Gasteiger charge is -2.36. The highest BCUT2D eigenvalue weighted by molar-refractivity contribution is 5.75. The first-order valence-electron chi connectivity index (χ1n) is 6.09. The van der Waals surface area contributed by atoms with Crippen molar-refractivity contribution in [3.05, 3.63) is 35.9 Å². The number of hydrogen-bond donors (Lipinski definition) is 4. The van der Waals surface area contributed by atoms with E-state index in [1.54, 1.807) is 24.3 Å². The Bertz CT molecular complexity index is 449. The van der Waals surface area contributed by atoms with E-state index < -0.39 is 36.7 Å². The van der Waals surface area contributed by atoms with Crippen LogP contribution in [-0.4, -0.2) is 57.1 Å². The summed E-state index contributed by atoms with van der Waals surface area (Å²) in [6.45, 7) is -0.0268. The molecule has 1 saturated heterocycles. The third kappa shape index (κ3) is 3.14. The minimum Gasteiger partial charge on any atom is -0.459 e. The molecule has 4 N–H and O–H groups in total. The van der Waals surface area contributed by atoms with Crippen LogP contribution >= 0.6 is 0 Å². The summed E-state index contributed by atoms with van der Waals surface area (Å²) in [7, 11) is 0. The predicted octanol–water partition coefficient (Wildman–Crippen LogP) is -1.47. The van der Waals surface area contributed by atoms with Crippen LogP contribution in [0.25, 0.3) is 0 Å². The third-order valence-corrected chi connectivity index (χ3v) is 3.04.